The van der Waals surface area contributed by atoms with Crippen molar-refractivity contribution in [1.29, 1.82) is 0 Å². The van der Waals surface area contributed by atoms with Gasteiger partial charge in [0.15, 0.2) is 0 Å². The SMILES string of the molecule is C[Si](C)(C)c1ccc(-c2[c-]cccc2)nc1.[2H]C(C)(C)c1ccnc(-c2[c-]cc3oc4nc(C(C)(C)c5ccccc5)ccc4c3c2)c1.[Ir]. The van der Waals surface area contributed by atoms with Gasteiger partial charge < -0.3 is 14.4 Å². The van der Waals surface area contributed by atoms with Crippen molar-refractivity contribution in [1.82, 2.24) is 15.0 Å². The third kappa shape index (κ3) is 7.57. The molecular formula is C42H41IrN3OSi-2. The summed E-state index contributed by atoms with van der Waals surface area (Å²) in [6.45, 7) is 15.1. The molecule has 4 aromatic heterocycles. The van der Waals surface area contributed by atoms with Crippen molar-refractivity contribution >= 4 is 35.3 Å². The van der Waals surface area contributed by atoms with Crippen LogP contribution in [0.3, 0.4) is 0 Å². The summed E-state index contributed by atoms with van der Waals surface area (Å²) in [6.07, 6.45) is 3.77. The van der Waals surface area contributed by atoms with Gasteiger partial charge in [0.25, 0.3) is 0 Å². The number of rotatable bonds is 6. The van der Waals surface area contributed by atoms with Gasteiger partial charge in [-0.1, -0.05) is 107 Å². The average Bonchev–Trinajstić information content (AvgIpc) is 3.46. The van der Waals surface area contributed by atoms with Crippen LogP contribution in [0.15, 0.2) is 120 Å². The van der Waals surface area contributed by atoms with E-state index in [1.54, 1.807) is 6.20 Å². The standard InChI is InChI=1S/C28H25N2O.C14H16NSi.Ir/c1-18(2)19-14-15-29-24(17-19)20-10-12-25-23(16-20)22-11-13-26(30-27(22)31-25)28(3,4)21-8-6-5-7-9-21;1-16(2,3)13-9-10-14(15-11-13)12-7-5-4-6-8-12;/h5-9,11-18H,1-4H3;4-7,9-11H,1-3H3;/q2*-1;/i18D;;. The number of furan rings is 1. The van der Waals surface area contributed by atoms with E-state index in [2.05, 4.69) is 104 Å². The Bertz CT molecular complexity index is 2170. The van der Waals surface area contributed by atoms with Gasteiger partial charge in [0, 0.05) is 44.7 Å². The summed E-state index contributed by atoms with van der Waals surface area (Å²) in [5.41, 5.74) is 7.97. The number of aromatic nitrogens is 3. The van der Waals surface area contributed by atoms with Crippen molar-refractivity contribution in [2.75, 3.05) is 0 Å². The molecule has 3 aromatic carbocycles. The van der Waals surface area contributed by atoms with Gasteiger partial charge in [-0.05, 0) is 46.2 Å². The van der Waals surface area contributed by atoms with Crippen LogP contribution in [0.2, 0.25) is 19.6 Å². The van der Waals surface area contributed by atoms with E-state index in [9.17, 15) is 0 Å². The van der Waals surface area contributed by atoms with Crippen molar-refractivity contribution in [2.45, 2.75) is 58.6 Å². The zero-order valence-corrected chi connectivity index (χ0v) is 31.9. The number of pyridine rings is 3. The van der Waals surface area contributed by atoms with E-state index in [-0.39, 0.29) is 25.5 Å². The Kier molecular flexibility index (Phi) is 10.2. The molecule has 245 valence electrons. The van der Waals surface area contributed by atoms with Gasteiger partial charge in [-0.15, -0.1) is 59.7 Å². The van der Waals surface area contributed by atoms with Crippen LogP contribution in [0.1, 0.15) is 51.8 Å². The second-order valence-electron chi connectivity index (χ2n) is 13.7. The van der Waals surface area contributed by atoms with E-state index in [0.29, 0.717) is 5.71 Å². The van der Waals surface area contributed by atoms with Crippen molar-refractivity contribution in [3.8, 4) is 22.5 Å². The van der Waals surface area contributed by atoms with E-state index in [1.165, 1.54) is 10.8 Å². The third-order valence-corrected chi connectivity index (χ3v) is 10.7. The third-order valence-electron chi connectivity index (χ3n) is 8.63. The summed E-state index contributed by atoms with van der Waals surface area (Å²) in [7, 11) is -1.23. The molecule has 4 heterocycles. The minimum Gasteiger partial charge on any atom is -0.486 e. The molecule has 4 nitrogen and oxygen atoms in total. The minimum absolute atomic E-state index is 0. The summed E-state index contributed by atoms with van der Waals surface area (Å²) < 4.78 is 14.4. The second kappa shape index (κ2) is 14.5. The second-order valence-corrected chi connectivity index (χ2v) is 18.7. The van der Waals surface area contributed by atoms with Crippen molar-refractivity contribution < 1.29 is 25.9 Å². The van der Waals surface area contributed by atoms with Gasteiger partial charge in [-0.3, -0.25) is 0 Å². The molecule has 0 N–H and O–H groups in total. The fourth-order valence-electron chi connectivity index (χ4n) is 5.54. The van der Waals surface area contributed by atoms with Gasteiger partial charge in [-0.2, -0.15) is 0 Å². The van der Waals surface area contributed by atoms with Gasteiger partial charge in [0.1, 0.15) is 0 Å². The van der Waals surface area contributed by atoms with Crippen molar-refractivity contribution in [3.05, 3.63) is 144 Å². The minimum atomic E-state index is -1.23. The number of fused-ring (bicyclic) bond motifs is 3. The van der Waals surface area contributed by atoms with Crippen LogP contribution in [0.25, 0.3) is 44.6 Å². The van der Waals surface area contributed by atoms with Crippen LogP contribution in [0, 0.1) is 12.1 Å². The smallest absolute Gasteiger partial charge is 0.216 e. The van der Waals surface area contributed by atoms with E-state index in [0.717, 1.165) is 50.1 Å². The van der Waals surface area contributed by atoms with E-state index >= 15 is 0 Å². The molecule has 0 fully saturated rings. The van der Waals surface area contributed by atoms with Crippen LogP contribution in [-0.2, 0) is 25.5 Å². The van der Waals surface area contributed by atoms with Crippen LogP contribution in [0.5, 0.6) is 0 Å². The average molecular weight is 825 g/mol. The first-order valence-electron chi connectivity index (χ1n) is 16.5. The van der Waals surface area contributed by atoms with Gasteiger partial charge >= 0.3 is 0 Å². The molecule has 0 bridgehead atoms. The molecule has 7 rings (SSSR count). The maximum Gasteiger partial charge on any atom is 0.216 e. The fourth-order valence-corrected chi connectivity index (χ4v) is 6.57. The molecule has 0 spiro atoms. The maximum absolute atomic E-state index is 8.32. The zero-order chi connectivity index (χ0) is 34.1. The molecule has 0 aliphatic heterocycles. The molecule has 1 radical (unpaired) electrons. The molecular weight excluding hydrogens is 783 g/mol. The molecule has 0 aliphatic carbocycles. The van der Waals surface area contributed by atoms with E-state index in [4.69, 9.17) is 10.8 Å². The molecule has 0 aliphatic rings. The Morgan fingerprint density at radius 2 is 1.56 bits per heavy atom. The summed E-state index contributed by atoms with van der Waals surface area (Å²) in [4.78, 5) is 13.9. The first-order chi connectivity index (χ1) is 22.8. The Hall–Kier alpha value is -4.22. The normalized spacial score (nSPS) is 12.2. The number of hydrogen-bond donors (Lipinski definition) is 0. The molecule has 6 heteroatoms. The molecule has 0 atom stereocenters. The Balaban J connectivity index is 0.000000233. The maximum atomic E-state index is 8.32. The zero-order valence-electron chi connectivity index (χ0n) is 29.6. The summed E-state index contributed by atoms with van der Waals surface area (Å²) >= 11 is 0. The van der Waals surface area contributed by atoms with Crippen LogP contribution in [-0.4, -0.2) is 23.0 Å². The predicted molar refractivity (Wildman–Crippen MR) is 198 cm³/mol. The molecule has 0 saturated heterocycles. The molecule has 7 aromatic rings. The Morgan fingerprint density at radius 3 is 2.23 bits per heavy atom. The van der Waals surface area contributed by atoms with Gasteiger partial charge in [-0.25, -0.2) is 4.98 Å². The molecule has 0 amide bonds. The summed E-state index contributed by atoms with van der Waals surface area (Å²) in [5.74, 6) is -0.685. The molecule has 0 unspecified atom stereocenters. The number of hydrogen-bond acceptors (Lipinski definition) is 4. The van der Waals surface area contributed by atoms with Crippen LogP contribution < -0.4 is 5.19 Å². The first kappa shape index (κ1) is 33.7. The topological polar surface area (TPSA) is 51.8 Å². The van der Waals surface area contributed by atoms with Gasteiger partial charge in [0.05, 0.1) is 19.4 Å². The first-order valence-corrected chi connectivity index (χ1v) is 19.5. The van der Waals surface area contributed by atoms with Gasteiger partial charge in [0.2, 0.25) is 5.71 Å². The quantitative estimate of drug-likeness (QED) is 0.124. The van der Waals surface area contributed by atoms with E-state index in [1.807, 2.05) is 74.6 Å². The van der Waals surface area contributed by atoms with E-state index < -0.39 is 14.0 Å². The Labute approximate surface area is 300 Å². The number of benzene rings is 3. The predicted octanol–water partition coefficient (Wildman–Crippen LogP) is 10.4. The Morgan fingerprint density at radius 1 is 0.792 bits per heavy atom. The largest absolute Gasteiger partial charge is 0.486 e. The summed E-state index contributed by atoms with van der Waals surface area (Å²) in [6, 6.07) is 41.1. The van der Waals surface area contributed by atoms with Crippen molar-refractivity contribution in [2.24, 2.45) is 0 Å². The number of nitrogens with zero attached hydrogens (tertiary/aromatic N) is 3. The van der Waals surface area contributed by atoms with Crippen LogP contribution >= 0.6 is 0 Å². The monoisotopic (exact) mass is 825 g/mol. The van der Waals surface area contributed by atoms with Crippen LogP contribution in [0.4, 0.5) is 0 Å². The van der Waals surface area contributed by atoms with Crippen molar-refractivity contribution in [3.63, 3.8) is 0 Å². The molecule has 0 saturated carbocycles. The molecule has 48 heavy (non-hydrogen) atoms. The fraction of sp³-hybridized carbons (Fsp3) is 0.214. The summed E-state index contributed by atoms with van der Waals surface area (Å²) in [5, 5.41) is 3.36.